The van der Waals surface area contributed by atoms with Crippen molar-refractivity contribution in [3.63, 3.8) is 0 Å². The lowest BCUT2D eigenvalue weighted by atomic mass is 9.98. The van der Waals surface area contributed by atoms with Crippen LogP contribution in [0.25, 0.3) is 0 Å². The number of fused-ring (bicyclic) bond motifs is 1. The number of ether oxygens (including phenoxy) is 1. The zero-order chi connectivity index (χ0) is 9.26. The van der Waals surface area contributed by atoms with Gasteiger partial charge in [0.15, 0.2) is 0 Å². The molecule has 1 aliphatic rings. The fraction of sp³-hybridized carbons (Fsp3) is 0.400. The highest BCUT2D eigenvalue weighted by atomic mass is 79.9. The molecule has 2 nitrogen and oxygen atoms in total. The van der Waals surface area contributed by atoms with Crippen LogP contribution in [0, 0.1) is 5.92 Å². The fourth-order valence-corrected chi connectivity index (χ4v) is 1.95. The Morgan fingerprint density at radius 2 is 2.38 bits per heavy atom. The summed E-state index contributed by atoms with van der Waals surface area (Å²) < 4.78 is 6.56. The number of hydrogen-bond acceptors (Lipinski definition) is 2. The molecule has 0 amide bonds. The molecule has 0 radical (unpaired) electrons. The van der Waals surface area contributed by atoms with Crippen LogP contribution in [0.2, 0.25) is 0 Å². The van der Waals surface area contributed by atoms with E-state index in [-0.39, 0.29) is 12.5 Å². The van der Waals surface area contributed by atoms with Crippen LogP contribution >= 0.6 is 15.9 Å². The van der Waals surface area contributed by atoms with Crippen LogP contribution in [0.5, 0.6) is 5.75 Å². The minimum absolute atomic E-state index is 0.200. The van der Waals surface area contributed by atoms with Gasteiger partial charge in [0.25, 0.3) is 0 Å². The molecule has 0 fully saturated rings. The smallest absolute Gasteiger partial charge is 0.122 e. The van der Waals surface area contributed by atoms with Crippen molar-refractivity contribution in [2.75, 3.05) is 13.2 Å². The van der Waals surface area contributed by atoms with Crippen molar-refractivity contribution in [1.82, 2.24) is 0 Å². The first kappa shape index (κ1) is 9.03. The van der Waals surface area contributed by atoms with Gasteiger partial charge in [0.1, 0.15) is 5.75 Å². The van der Waals surface area contributed by atoms with Gasteiger partial charge in [-0.3, -0.25) is 0 Å². The molecule has 3 heteroatoms. The van der Waals surface area contributed by atoms with Crippen LogP contribution < -0.4 is 4.74 Å². The molecule has 1 aromatic rings. The Labute approximate surface area is 85.7 Å². The normalized spacial score (nSPS) is 20.6. The molecular formula is C10H11BrO2. The van der Waals surface area contributed by atoms with Crippen LogP contribution in [-0.2, 0) is 6.42 Å². The quantitative estimate of drug-likeness (QED) is 0.817. The number of hydrogen-bond donors (Lipinski definition) is 1. The lowest BCUT2D eigenvalue weighted by molar-refractivity contribution is 0.147. The predicted octanol–water partition coefficient (Wildman–Crippen LogP) is 1.99. The molecule has 0 aromatic heterocycles. The Morgan fingerprint density at radius 1 is 1.54 bits per heavy atom. The van der Waals surface area contributed by atoms with Gasteiger partial charge in [-0.1, -0.05) is 15.9 Å². The van der Waals surface area contributed by atoms with Crippen LogP contribution in [0.1, 0.15) is 5.56 Å². The van der Waals surface area contributed by atoms with E-state index < -0.39 is 0 Å². The van der Waals surface area contributed by atoms with E-state index in [1.54, 1.807) is 0 Å². The highest BCUT2D eigenvalue weighted by molar-refractivity contribution is 9.10. The van der Waals surface area contributed by atoms with E-state index in [1.165, 1.54) is 5.56 Å². The van der Waals surface area contributed by atoms with Crippen LogP contribution in [0.15, 0.2) is 22.7 Å². The number of rotatable bonds is 1. The summed E-state index contributed by atoms with van der Waals surface area (Å²) in [6.45, 7) is 0.830. The van der Waals surface area contributed by atoms with Gasteiger partial charge in [-0.25, -0.2) is 0 Å². The first-order valence-corrected chi connectivity index (χ1v) is 5.11. The fourth-order valence-electron chi connectivity index (χ4n) is 1.54. The number of halogens is 1. The Kier molecular flexibility index (Phi) is 2.56. The molecule has 1 atom stereocenters. The average molecular weight is 243 g/mol. The third-order valence-electron chi connectivity index (χ3n) is 2.26. The SMILES string of the molecule is OCC1COc2ccc(Br)cc2C1. The van der Waals surface area contributed by atoms with Gasteiger partial charge in [-0.15, -0.1) is 0 Å². The number of aliphatic hydroxyl groups is 1. The Balaban J connectivity index is 2.27. The molecule has 0 saturated carbocycles. The summed E-state index contributed by atoms with van der Waals surface area (Å²) in [4.78, 5) is 0. The summed E-state index contributed by atoms with van der Waals surface area (Å²) in [5, 5.41) is 8.99. The molecule has 1 aliphatic heterocycles. The van der Waals surface area contributed by atoms with Gasteiger partial charge in [-0.05, 0) is 30.2 Å². The molecule has 0 saturated heterocycles. The second-order valence-electron chi connectivity index (χ2n) is 3.32. The molecule has 2 rings (SSSR count). The van der Waals surface area contributed by atoms with Gasteiger partial charge in [0, 0.05) is 17.0 Å². The second-order valence-corrected chi connectivity index (χ2v) is 4.23. The van der Waals surface area contributed by atoms with E-state index in [1.807, 2.05) is 12.1 Å². The van der Waals surface area contributed by atoms with Gasteiger partial charge in [0.2, 0.25) is 0 Å². The van der Waals surface area contributed by atoms with Gasteiger partial charge >= 0.3 is 0 Å². The standard InChI is InChI=1S/C10H11BrO2/c11-9-1-2-10-8(4-9)3-7(5-12)6-13-10/h1-2,4,7,12H,3,5-6H2. The van der Waals surface area contributed by atoms with E-state index >= 15 is 0 Å². The maximum Gasteiger partial charge on any atom is 0.122 e. The summed E-state index contributed by atoms with van der Waals surface area (Å²) in [7, 11) is 0. The van der Waals surface area contributed by atoms with Crippen LogP contribution in [-0.4, -0.2) is 18.3 Å². The summed E-state index contributed by atoms with van der Waals surface area (Å²) in [6, 6.07) is 5.99. The van der Waals surface area contributed by atoms with Gasteiger partial charge in [0.05, 0.1) is 6.61 Å². The zero-order valence-corrected chi connectivity index (χ0v) is 8.75. The lowest BCUT2D eigenvalue weighted by Crippen LogP contribution is -2.23. The summed E-state index contributed by atoms with van der Waals surface area (Å²) in [5.74, 6) is 1.20. The molecule has 1 heterocycles. The van der Waals surface area contributed by atoms with Crippen LogP contribution in [0.3, 0.4) is 0 Å². The van der Waals surface area contributed by atoms with Crippen molar-refractivity contribution in [3.8, 4) is 5.75 Å². The molecule has 1 N–H and O–H groups in total. The first-order valence-electron chi connectivity index (χ1n) is 4.31. The molecule has 13 heavy (non-hydrogen) atoms. The highest BCUT2D eigenvalue weighted by Crippen LogP contribution is 2.29. The Hall–Kier alpha value is -0.540. The zero-order valence-electron chi connectivity index (χ0n) is 7.16. The largest absolute Gasteiger partial charge is 0.493 e. The summed E-state index contributed by atoms with van der Waals surface area (Å²) in [6.07, 6.45) is 0.908. The van der Waals surface area contributed by atoms with E-state index in [4.69, 9.17) is 9.84 Å². The van der Waals surface area contributed by atoms with Crippen LogP contribution in [0.4, 0.5) is 0 Å². The number of aliphatic hydroxyl groups excluding tert-OH is 1. The van der Waals surface area contributed by atoms with E-state index in [0.717, 1.165) is 16.6 Å². The molecule has 0 bridgehead atoms. The van der Waals surface area contributed by atoms with Gasteiger partial charge in [-0.2, -0.15) is 0 Å². The lowest BCUT2D eigenvalue weighted by Gasteiger charge is -2.23. The number of benzene rings is 1. The second kappa shape index (κ2) is 3.68. The summed E-state index contributed by atoms with van der Waals surface area (Å²) in [5.41, 5.74) is 1.18. The van der Waals surface area contributed by atoms with Gasteiger partial charge < -0.3 is 9.84 Å². The van der Waals surface area contributed by atoms with Crippen molar-refractivity contribution in [3.05, 3.63) is 28.2 Å². The molecule has 0 aliphatic carbocycles. The average Bonchev–Trinajstić information content (AvgIpc) is 2.16. The van der Waals surface area contributed by atoms with E-state index in [0.29, 0.717) is 6.61 Å². The predicted molar refractivity (Wildman–Crippen MR) is 53.9 cm³/mol. The third-order valence-corrected chi connectivity index (χ3v) is 2.76. The van der Waals surface area contributed by atoms with Crippen molar-refractivity contribution >= 4 is 15.9 Å². The Bertz CT molecular complexity index is 312. The Morgan fingerprint density at radius 3 is 3.15 bits per heavy atom. The highest BCUT2D eigenvalue weighted by Gasteiger charge is 2.18. The van der Waals surface area contributed by atoms with E-state index in [9.17, 15) is 0 Å². The van der Waals surface area contributed by atoms with Crippen molar-refractivity contribution in [2.45, 2.75) is 6.42 Å². The van der Waals surface area contributed by atoms with E-state index in [2.05, 4.69) is 22.0 Å². The monoisotopic (exact) mass is 242 g/mol. The molecule has 1 aromatic carbocycles. The minimum atomic E-state index is 0.200. The minimum Gasteiger partial charge on any atom is -0.493 e. The van der Waals surface area contributed by atoms with Crippen molar-refractivity contribution in [2.24, 2.45) is 5.92 Å². The summed E-state index contributed by atoms with van der Waals surface area (Å²) >= 11 is 3.41. The maximum atomic E-state index is 8.99. The topological polar surface area (TPSA) is 29.5 Å². The molecule has 1 unspecified atom stereocenters. The molecular weight excluding hydrogens is 232 g/mol. The van der Waals surface area contributed by atoms with Crippen molar-refractivity contribution < 1.29 is 9.84 Å². The first-order chi connectivity index (χ1) is 6.29. The molecule has 0 spiro atoms. The maximum absolute atomic E-state index is 8.99. The molecule has 70 valence electrons. The van der Waals surface area contributed by atoms with Crippen molar-refractivity contribution in [1.29, 1.82) is 0 Å². The third kappa shape index (κ3) is 1.86.